The molecule has 3 rings (SSSR count). The summed E-state index contributed by atoms with van der Waals surface area (Å²) in [6.07, 6.45) is 2.46. The van der Waals surface area contributed by atoms with Gasteiger partial charge in [-0.15, -0.1) is 0 Å². The van der Waals surface area contributed by atoms with E-state index in [9.17, 15) is 0 Å². The normalized spacial score (nSPS) is 27.3. The predicted molar refractivity (Wildman–Crippen MR) is 74.0 cm³/mol. The van der Waals surface area contributed by atoms with Crippen LogP contribution >= 0.6 is 0 Å². The monoisotopic (exact) mass is 246 g/mol. The minimum Gasteiger partial charge on any atom is -0.381 e. The summed E-state index contributed by atoms with van der Waals surface area (Å²) in [6, 6.07) is 8.83. The average Bonchev–Trinajstić information content (AvgIpc) is 2.93. The third kappa shape index (κ3) is 2.13. The molecule has 1 aromatic carbocycles. The van der Waals surface area contributed by atoms with Crippen LogP contribution in [0.3, 0.4) is 0 Å². The molecule has 3 nitrogen and oxygen atoms in total. The Labute approximate surface area is 109 Å². The van der Waals surface area contributed by atoms with Gasteiger partial charge in [0.25, 0.3) is 0 Å². The lowest BCUT2D eigenvalue weighted by Gasteiger charge is -2.37. The number of rotatable bonds is 3. The molecule has 0 amide bonds. The van der Waals surface area contributed by atoms with Gasteiger partial charge >= 0.3 is 0 Å². The van der Waals surface area contributed by atoms with E-state index in [0.717, 1.165) is 32.8 Å². The Kier molecular flexibility index (Phi) is 3.52. The van der Waals surface area contributed by atoms with Crippen LogP contribution in [0.4, 0.5) is 5.69 Å². The van der Waals surface area contributed by atoms with Gasteiger partial charge in [-0.3, -0.25) is 0 Å². The molecule has 0 bridgehead atoms. The second-order valence-electron chi connectivity index (χ2n) is 5.35. The zero-order chi connectivity index (χ0) is 12.4. The maximum atomic E-state index is 5.71. The van der Waals surface area contributed by atoms with Crippen molar-refractivity contribution in [2.24, 2.45) is 11.7 Å². The van der Waals surface area contributed by atoms with Gasteiger partial charge in [-0.05, 0) is 36.3 Å². The largest absolute Gasteiger partial charge is 0.381 e. The number of anilines is 1. The second kappa shape index (κ2) is 5.29. The summed E-state index contributed by atoms with van der Waals surface area (Å²) in [4.78, 5) is 2.43. The number of hydrogen-bond acceptors (Lipinski definition) is 3. The Balaban J connectivity index is 1.88. The fraction of sp³-hybridized carbons (Fsp3) is 0.600. The van der Waals surface area contributed by atoms with Gasteiger partial charge in [-0.1, -0.05) is 18.2 Å². The molecule has 98 valence electrons. The zero-order valence-electron chi connectivity index (χ0n) is 10.8. The molecule has 1 aromatic rings. The highest BCUT2D eigenvalue weighted by molar-refractivity contribution is 5.57. The molecule has 0 spiro atoms. The van der Waals surface area contributed by atoms with Gasteiger partial charge in [0.2, 0.25) is 0 Å². The number of hydrogen-bond donors (Lipinski definition) is 1. The van der Waals surface area contributed by atoms with E-state index in [4.69, 9.17) is 10.5 Å². The number of para-hydroxylation sites is 1. The smallest absolute Gasteiger partial charge is 0.0500 e. The van der Waals surface area contributed by atoms with Gasteiger partial charge in [0.15, 0.2) is 0 Å². The Hall–Kier alpha value is -1.06. The molecule has 1 fully saturated rings. The third-order valence-corrected chi connectivity index (χ3v) is 4.32. The minimum atomic E-state index is 0.678. The van der Waals surface area contributed by atoms with E-state index in [1.807, 2.05) is 0 Å². The van der Waals surface area contributed by atoms with Crippen molar-refractivity contribution in [3.8, 4) is 0 Å². The van der Waals surface area contributed by atoms with Crippen LogP contribution in [0.2, 0.25) is 0 Å². The van der Waals surface area contributed by atoms with Crippen LogP contribution in [-0.4, -0.2) is 32.8 Å². The third-order valence-electron chi connectivity index (χ3n) is 4.32. The van der Waals surface area contributed by atoms with Crippen LogP contribution < -0.4 is 10.6 Å². The van der Waals surface area contributed by atoms with Crippen molar-refractivity contribution in [3.05, 3.63) is 29.8 Å². The molecule has 0 unspecified atom stereocenters. The summed E-state index contributed by atoms with van der Waals surface area (Å²) in [7, 11) is 0. The van der Waals surface area contributed by atoms with Crippen LogP contribution in [0.25, 0.3) is 0 Å². The van der Waals surface area contributed by atoms with Crippen LogP contribution in [-0.2, 0) is 4.74 Å². The molecule has 0 radical (unpaired) electrons. The Morgan fingerprint density at radius 1 is 1.28 bits per heavy atom. The van der Waals surface area contributed by atoms with Gasteiger partial charge in [-0.25, -0.2) is 0 Å². The fourth-order valence-corrected chi connectivity index (χ4v) is 3.41. The summed E-state index contributed by atoms with van der Waals surface area (Å²) in [6.45, 7) is 4.71. The van der Waals surface area contributed by atoms with Crippen molar-refractivity contribution in [2.45, 2.75) is 18.8 Å². The summed E-state index contributed by atoms with van der Waals surface area (Å²) >= 11 is 0. The zero-order valence-corrected chi connectivity index (χ0v) is 10.8. The van der Waals surface area contributed by atoms with Gasteiger partial charge in [0.1, 0.15) is 0 Å². The van der Waals surface area contributed by atoms with Crippen LogP contribution in [0.1, 0.15) is 24.3 Å². The first-order valence-corrected chi connectivity index (χ1v) is 7.02. The molecule has 2 aliphatic heterocycles. The topological polar surface area (TPSA) is 38.5 Å². The van der Waals surface area contributed by atoms with Gasteiger partial charge in [0.05, 0.1) is 6.61 Å². The van der Waals surface area contributed by atoms with Gasteiger partial charge in [-0.2, -0.15) is 0 Å². The molecule has 2 aliphatic rings. The Morgan fingerprint density at radius 3 is 2.94 bits per heavy atom. The van der Waals surface area contributed by atoms with Crippen LogP contribution in [0.5, 0.6) is 0 Å². The highest BCUT2D eigenvalue weighted by Gasteiger charge is 2.32. The number of nitrogens with zero attached hydrogens (tertiary/aromatic N) is 1. The lowest BCUT2D eigenvalue weighted by Crippen LogP contribution is -2.36. The molecule has 2 atom stereocenters. The van der Waals surface area contributed by atoms with Crippen molar-refractivity contribution in [1.82, 2.24) is 0 Å². The molecule has 2 N–H and O–H groups in total. The van der Waals surface area contributed by atoms with Crippen molar-refractivity contribution in [2.75, 3.05) is 37.7 Å². The molecular weight excluding hydrogens is 224 g/mol. The number of benzene rings is 1. The molecule has 1 saturated heterocycles. The van der Waals surface area contributed by atoms with Crippen molar-refractivity contribution >= 4 is 5.69 Å². The van der Waals surface area contributed by atoms with E-state index >= 15 is 0 Å². The molecule has 18 heavy (non-hydrogen) atoms. The summed E-state index contributed by atoms with van der Waals surface area (Å²) in [5.41, 5.74) is 8.61. The lowest BCUT2D eigenvalue weighted by atomic mass is 9.80. The summed E-state index contributed by atoms with van der Waals surface area (Å²) in [5.74, 6) is 1.39. The standard InChI is InChI=1S/C15H22N2O/c16-7-9-17-8-5-13(12-6-10-18-11-12)14-3-1-2-4-15(14)17/h1-4,12-13H,5-11,16H2/t12-,13-/m0/s1. The predicted octanol–water partition coefficient (Wildman–Crippen LogP) is 1.98. The Bertz CT molecular complexity index is 401. The first-order valence-electron chi connectivity index (χ1n) is 7.02. The van der Waals surface area contributed by atoms with Crippen molar-refractivity contribution < 1.29 is 4.74 Å². The number of nitrogens with two attached hydrogens (primary N) is 1. The van der Waals surface area contributed by atoms with Gasteiger partial charge in [0, 0.05) is 31.9 Å². The van der Waals surface area contributed by atoms with E-state index < -0.39 is 0 Å². The Morgan fingerprint density at radius 2 is 2.17 bits per heavy atom. The van der Waals surface area contributed by atoms with Crippen LogP contribution in [0, 0.1) is 5.92 Å². The van der Waals surface area contributed by atoms with E-state index in [1.54, 1.807) is 0 Å². The lowest BCUT2D eigenvalue weighted by molar-refractivity contribution is 0.179. The second-order valence-corrected chi connectivity index (χ2v) is 5.35. The first kappa shape index (κ1) is 12.0. The number of ether oxygens (including phenoxy) is 1. The quantitative estimate of drug-likeness (QED) is 0.886. The molecule has 0 aromatic heterocycles. The fourth-order valence-electron chi connectivity index (χ4n) is 3.41. The van der Waals surface area contributed by atoms with Crippen molar-refractivity contribution in [3.63, 3.8) is 0 Å². The molecule has 0 aliphatic carbocycles. The number of fused-ring (bicyclic) bond motifs is 1. The summed E-state index contributed by atoms with van der Waals surface area (Å²) < 4.78 is 5.57. The molecule has 3 heteroatoms. The van der Waals surface area contributed by atoms with Gasteiger partial charge < -0.3 is 15.4 Å². The highest BCUT2D eigenvalue weighted by Crippen LogP contribution is 2.41. The maximum absolute atomic E-state index is 5.71. The van der Waals surface area contributed by atoms with Crippen LogP contribution in [0.15, 0.2) is 24.3 Å². The highest BCUT2D eigenvalue weighted by atomic mass is 16.5. The average molecular weight is 246 g/mol. The van der Waals surface area contributed by atoms with E-state index in [1.165, 1.54) is 24.1 Å². The molecule has 0 saturated carbocycles. The van der Waals surface area contributed by atoms with Crippen molar-refractivity contribution in [1.29, 1.82) is 0 Å². The minimum absolute atomic E-state index is 0.678. The van der Waals surface area contributed by atoms with E-state index in [2.05, 4.69) is 29.2 Å². The maximum Gasteiger partial charge on any atom is 0.0500 e. The summed E-state index contributed by atoms with van der Waals surface area (Å²) in [5, 5.41) is 0. The molecular formula is C15H22N2O. The van der Waals surface area contributed by atoms with E-state index in [-0.39, 0.29) is 0 Å². The SMILES string of the molecule is NCCN1CC[C@@H]([C@H]2CCOC2)c2ccccc21. The van der Waals surface area contributed by atoms with E-state index in [0.29, 0.717) is 11.8 Å². The molecule has 2 heterocycles. The first-order chi connectivity index (χ1) is 8.90.